The maximum atomic E-state index is 14.8. The summed E-state index contributed by atoms with van der Waals surface area (Å²) in [6.45, 7) is 22.7. The monoisotopic (exact) mass is 609 g/mol. The number of benzene rings is 1. The van der Waals surface area contributed by atoms with Crippen molar-refractivity contribution in [2.45, 2.75) is 97.1 Å². The van der Waals surface area contributed by atoms with E-state index in [4.69, 9.17) is 9.47 Å². The van der Waals surface area contributed by atoms with Gasteiger partial charge in [0.2, 0.25) is 17.7 Å². The molecule has 0 saturated carbocycles. The highest BCUT2D eigenvalue weighted by atomic mass is 16.5. The number of nitrogens with zero attached hydrogens (tertiary/aromatic N) is 3. The van der Waals surface area contributed by atoms with Crippen LogP contribution in [0.5, 0.6) is 5.75 Å². The number of aliphatic hydroxyl groups is 1. The first kappa shape index (κ1) is 33.7. The lowest BCUT2D eigenvalue weighted by Crippen LogP contribution is -2.62. The highest BCUT2D eigenvalue weighted by Crippen LogP contribution is 2.59. The van der Waals surface area contributed by atoms with E-state index >= 15 is 0 Å². The van der Waals surface area contributed by atoms with Gasteiger partial charge in [-0.2, -0.15) is 0 Å². The molecule has 3 aliphatic heterocycles. The van der Waals surface area contributed by atoms with Crippen LogP contribution < -0.4 is 9.64 Å². The van der Waals surface area contributed by atoms with Crippen molar-refractivity contribution >= 4 is 23.4 Å². The number of amides is 3. The molecule has 242 valence electrons. The number of hydrogen-bond acceptors (Lipinski definition) is 6. The first-order valence-electron chi connectivity index (χ1n) is 15.9. The van der Waals surface area contributed by atoms with Gasteiger partial charge in [0, 0.05) is 24.3 Å². The normalized spacial score (nSPS) is 26.7. The third kappa shape index (κ3) is 5.93. The Morgan fingerprint density at radius 1 is 1.14 bits per heavy atom. The summed E-state index contributed by atoms with van der Waals surface area (Å²) < 4.78 is 12.3. The molecule has 9 nitrogen and oxygen atoms in total. The first-order valence-corrected chi connectivity index (χ1v) is 15.9. The van der Waals surface area contributed by atoms with Gasteiger partial charge < -0.3 is 29.3 Å². The number of carbonyl (C=O) groups excluding carboxylic acids is 3. The molecular formula is C35H51N3O6. The second kappa shape index (κ2) is 12.7. The van der Waals surface area contributed by atoms with E-state index in [1.807, 2.05) is 45.0 Å². The Bertz CT molecular complexity index is 1250. The fraction of sp³-hybridized carbons (Fsp3) is 0.629. The van der Waals surface area contributed by atoms with Crippen molar-refractivity contribution < 1.29 is 29.0 Å². The highest BCUT2D eigenvalue weighted by Gasteiger charge is 2.75. The molecule has 0 aromatic heterocycles. The molecule has 6 atom stereocenters. The van der Waals surface area contributed by atoms with Gasteiger partial charge >= 0.3 is 0 Å². The third-order valence-electron chi connectivity index (χ3n) is 9.30. The predicted octanol–water partition coefficient (Wildman–Crippen LogP) is 4.59. The molecule has 2 bridgehead atoms. The fourth-order valence-electron chi connectivity index (χ4n) is 8.04. The van der Waals surface area contributed by atoms with E-state index in [0.717, 1.165) is 6.42 Å². The van der Waals surface area contributed by atoms with Crippen LogP contribution in [0.15, 0.2) is 49.6 Å². The van der Waals surface area contributed by atoms with Gasteiger partial charge in [-0.05, 0) is 76.6 Å². The minimum Gasteiger partial charge on any atom is -0.494 e. The van der Waals surface area contributed by atoms with E-state index in [1.54, 1.807) is 28.9 Å². The summed E-state index contributed by atoms with van der Waals surface area (Å²) in [5.74, 6) is -1.71. The van der Waals surface area contributed by atoms with Crippen LogP contribution in [0.1, 0.15) is 67.7 Å². The smallest absolute Gasteiger partial charge is 0.249 e. The van der Waals surface area contributed by atoms with Crippen molar-refractivity contribution in [1.29, 1.82) is 0 Å². The Balaban J connectivity index is 1.76. The molecule has 0 radical (unpaired) electrons. The Kier molecular flexibility index (Phi) is 9.71. The molecule has 1 aromatic carbocycles. The van der Waals surface area contributed by atoms with Crippen LogP contribution in [0.2, 0.25) is 0 Å². The number of hydrogen-bond donors (Lipinski definition) is 1. The van der Waals surface area contributed by atoms with Gasteiger partial charge in [0.15, 0.2) is 0 Å². The minimum atomic E-state index is -1.17. The van der Waals surface area contributed by atoms with Crippen molar-refractivity contribution in [2.24, 2.45) is 17.3 Å². The zero-order valence-corrected chi connectivity index (χ0v) is 27.5. The fourth-order valence-corrected chi connectivity index (χ4v) is 8.04. The van der Waals surface area contributed by atoms with Gasteiger partial charge in [0.1, 0.15) is 17.4 Å². The average Bonchev–Trinajstić information content (AvgIpc) is 3.60. The van der Waals surface area contributed by atoms with Crippen LogP contribution in [-0.4, -0.2) is 88.3 Å². The van der Waals surface area contributed by atoms with Crippen molar-refractivity contribution in [1.82, 2.24) is 9.80 Å². The zero-order chi connectivity index (χ0) is 32.6. The van der Waals surface area contributed by atoms with E-state index in [1.165, 1.54) is 4.90 Å². The topological polar surface area (TPSA) is 99.6 Å². The van der Waals surface area contributed by atoms with E-state index in [2.05, 4.69) is 33.9 Å². The summed E-state index contributed by atoms with van der Waals surface area (Å²) in [7, 11) is 0. The SMILES string of the molecule is C=CCN(C(=O)[C@@H]1[C@H]2C(=O)N([C@H](C)CO)C(C(=O)N(CC=C)C(C)(C)CC(C)(C)C)C23CC[C@H]1O3)c1ccc(OCC)cc1. The predicted molar refractivity (Wildman–Crippen MR) is 171 cm³/mol. The number of aliphatic hydroxyl groups excluding tert-OH is 1. The van der Waals surface area contributed by atoms with E-state index in [9.17, 15) is 19.5 Å². The summed E-state index contributed by atoms with van der Waals surface area (Å²) in [4.78, 5) is 48.6. The lowest BCUT2D eigenvalue weighted by molar-refractivity contribution is -0.155. The molecule has 44 heavy (non-hydrogen) atoms. The van der Waals surface area contributed by atoms with E-state index < -0.39 is 41.2 Å². The molecule has 9 heteroatoms. The molecule has 3 amide bonds. The molecule has 3 fully saturated rings. The van der Waals surface area contributed by atoms with E-state index in [-0.39, 0.29) is 36.3 Å². The van der Waals surface area contributed by atoms with Gasteiger partial charge in [0.05, 0.1) is 37.2 Å². The Labute approximate surface area is 262 Å². The van der Waals surface area contributed by atoms with Crippen molar-refractivity contribution in [3.8, 4) is 5.75 Å². The standard InChI is InChI=1S/C35H51N3O6/c1-10-19-36(24-13-15-25(16-14-24)43-12-3)30(40)27-26-17-18-35(44-26)28(27)31(41)38(23(4)21-39)29(35)32(42)37(20-11-2)34(8,9)22-33(5,6)7/h10-11,13-16,23,26-29,39H,1-2,12,17-22H2,3-9H3/t23-,26-,27+,28+,29?,35?/m1/s1. The first-order chi connectivity index (χ1) is 20.7. The maximum absolute atomic E-state index is 14.8. The van der Waals surface area contributed by atoms with Crippen LogP contribution in [0.3, 0.4) is 0 Å². The molecule has 4 rings (SSSR count). The van der Waals surface area contributed by atoms with Crippen molar-refractivity contribution in [3.05, 3.63) is 49.6 Å². The van der Waals surface area contributed by atoms with Crippen LogP contribution in [-0.2, 0) is 19.1 Å². The van der Waals surface area contributed by atoms with Gasteiger partial charge in [-0.25, -0.2) is 0 Å². The number of anilines is 1. The lowest BCUT2D eigenvalue weighted by atomic mass is 9.70. The Morgan fingerprint density at radius 2 is 1.77 bits per heavy atom. The summed E-state index contributed by atoms with van der Waals surface area (Å²) in [6, 6.07) is 5.67. The molecular weight excluding hydrogens is 558 g/mol. The summed E-state index contributed by atoms with van der Waals surface area (Å²) in [5, 5.41) is 10.3. The lowest BCUT2D eigenvalue weighted by Gasteiger charge is -2.46. The minimum absolute atomic E-state index is 0.0666. The van der Waals surface area contributed by atoms with Crippen LogP contribution in [0, 0.1) is 17.3 Å². The zero-order valence-electron chi connectivity index (χ0n) is 27.5. The highest BCUT2D eigenvalue weighted by molar-refractivity contribution is 6.03. The van der Waals surface area contributed by atoms with E-state index in [0.29, 0.717) is 37.4 Å². The molecule has 1 N–H and O–H groups in total. The molecule has 0 aliphatic carbocycles. The third-order valence-corrected chi connectivity index (χ3v) is 9.30. The second-order valence-electron chi connectivity index (χ2n) is 14.3. The molecule has 1 spiro atoms. The molecule has 3 saturated heterocycles. The molecule has 2 unspecified atom stereocenters. The van der Waals surface area contributed by atoms with Crippen LogP contribution >= 0.6 is 0 Å². The Morgan fingerprint density at radius 3 is 2.32 bits per heavy atom. The van der Waals surface area contributed by atoms with Gasteiger partial charge in [-0.15, -0.1) is 13.2 Å². The number of carbonyl (C=O) groups is 3. The van der Waals surface area contributed by atoms with Crippen LogP contribution in [0.25, 0.3) is 0 Å². The van der Waals surface area contributed by atoms with Gasteiger partial charge in [-0.1, -0.05) is 32.9 Å². The number of ether oxygens (including phenoxy) is 2. The summed E-state index contributed by atoms with van der Waals surface area (Å²) in [6.07, 6.45) is 4.63. The van der Waals surface area contributed by atoms with Gasteiger partial charge in [-0.3, -0.25) is 14.4 Å². The maximum Gasteiger partial charge on any atom is 0.249 e. The van der Waals surface area contributed by atoms with Gasteiger partial charge in [0.25, 0.3) is 0 Å². The number of likely N-dealkylation sites (tertiary alicyclic amines) is 1. The molecule has 3 aliphatic rings. The number of rotatable bonds is 13. The molecule has 3 heterocycles. The molecule has 1 aromatic rings. The van der Waals surface area contributed by atoms with Crippen molar-refractivity contribution in [2.75, 3.05) is 31.2 Å². The average molecular weight is 610 g/mol. The number of fused-ring (bicyclic) bond motifs is 1. The second-order valence-corrected chi connectivity index (χ2v) is 14.3. The van der Waals surface area contributed by atoms with Crippen LogP contribution in [0.4, 0.5) is 5.69 Å². The Hall–Kier alpha value is -3.17. The van der Waals surface area contributed by atoms with Crippen molar-refractivity contribution in [3.63, 3.8) is 0 Å². The quantitative estimate of drug-likeness (QED) is 0.329. The summed E-state index contributed by atoms with van der Waals surface area (Å²) >= 11 is 0. The summed E-state index contributed by atoms with van der Waals surface area (Å²) in [5.41, 5.74) is -1.13. The largest absolute Gasteiger partial charge is 0.494 e.